The molecule has 0 aliphatic heterocycles. The Labute approximate surface area is 117 Å². The maximum atomic E-state index is 11.1. The van der Waals surface area contributed by atoms with Crippen molar-refractivity contribution in [1.29, 1.82) is 0 Å². The van der Waals surface area contributed by atoms with Crippen LogP contribution in [0.1, 0.15) is 60.3 Å². The Hall–Kier alpha value is -0.830. The van der Waals surface area contributed by atoms with Crippen molar-refractivity contribution in [2.45, 2.75) is 65.9 Å². The van der Waals surface area contributed by atoms with E-state index >= 15 is 0 Å². The Morgan fingerprint density at radius 2 is 2.11 bits per heavy atom. The summed E-state index contributed by atoms with van der Waals surface area (Å²) in [6, 6.07) is 0. The van der Waals surface area contributed by atoms with E-state index in [4.69, 9.17) is 9.47 Å². The van der Waals surface area contributed by atoms with E-state index < -0.39 is 5.60 Å². The first kappa shape index (κ1) is 16.2. The molecule has 110 valence electrons. The van der Waals surface area contributed by atoms with Crippen LogP contribution in [0.15, 0.2) is 11.6 Å². The molecule has 0 spiro atoms. The minimum atomic E-state index is -0.403. The predicted octanol–water partition coefficient (Wildman–Crippen LogP) is 3.87. The first-order chi connectivity index (χ1) is 8.74. The van der Waals surface area contributed by atoms with Gasteiger partial charge in [-0.1, -0.05) is 32.4 Å². The summed E-state index contributed by atoms with van der Waals surface area (Å²) in [5.74, 6) is -0.170. The minimum Gasteiger partial charge on any atom is -0.463 e. The van der Waals surface area contributed by atoms with Gasteiger partial charge in [0.15, 0.2) is 0 Å². The predicted molar refractivity (Wildman–Crippen MR) is 77.0 cm³/mol. The highest BCUT2D eigenvalue weighted by atomic mass is 16.6. The van der Waals surface area contributed by atoms with Gasteiger partial charge in [0.25, 0.3) is 0 Å². The Morgan fingerprint density at radius 3 is 2.63 bits per heavy atom. The monoisotopic (exact) mass is 268 g/mol. The average molecular weight is 268 g/mol. The molecule has 0 atom stereocenters. The average Bonchev–Trinajstić information content (AvgIpc) is 2.66. The number of hydrogen-bond acceptors (Lipinski definition) is 3. The van der Waals surface area contributed by atoms with Crippen molar-refractivity contribution in [2.24, 2.45) is 5.41 Å². The van der Waals surface area contributed by atoms with Gasteiger partial charge in [-0.15, -0.1) is 0 Å². The molecule has 1 aliphatic rings. The molecule has 0 aromatic rings. The SMILES string of the molecule is CCC(=O)OCC(C)(C)OCCC1=CC(C)(C)CC1. The molecule has 0 saturated carbocycles. The summed E-state index contributed by atoms with van der Waals surface area (Å²) in [5.41, 5.74) is 1.44. The number of carbonyl (C=O) groups excluding carboxylic acids is 1. The van der Waals surface area contributed by atoms with Gasteiger partial charge in [-0.05, 0) is 38.5 Å². The van der Waals surface area contributed by atoms with Crippen LogP contribution in [0.2, 0.25) is 0 Å². The summed E-state index contributed by atoms with van der Waals surface area (Å²) in [4.78, 5) is 11.1. The number of carbonyl (C=O) groups is 1. The molecule has 3 heteroatoms. The minimum absolute atomic E-state index is 0.170. The normalized spacial score (nSPS) is 18.3. The third-order valence-corrected chi connectivity index (χ3v) is 3.47. The lowest BCUT2D eigenvalue weighted by Gasteiger charge is -2.25. The third kappa shape index (κ3) is 6.24. The second-order valence-electron chi connectivity index (χ2n) is 6.66. The second-order valence-corrected chi connectivity index (χ2v) is 6.66. The summed E-state index contributed by atoms with van der Waals surface area (Å²) < 4.78 is 11.0. The fourth-order valence-electron chi connectivity index (χ4n) is 2.23. The highest BCUT2D eigenvalue weighted by molar-refractivity contribution is 5.68. The smallest absolute Gasteiger partial charge is 0.305 e. The first-order valence-electron chi connectivity index (χ1n) is 7.24. The lowest BCUT2D eigenvalue weighted by Crippen LogP contribution is -2.32. The molecule has 19 heavy (non-hydrogen) atoms. The van der Waals surface area contributed by atoms with Crippen molar-refractivity contribution in [3.63, 3.8) is 0 Å². The number of rotatable bonds is 7. The third-order valence-electron chi connectivity index (χ3n) is 3.47. The van der Waals surface area contributed by atoms with Crippen LogP contribution in [0.4, 0.5) is 0 Å². The van der Waals surface area contributed by atoms with Gasteiger partial charge in [0.2, 0.25) is 0 Å². The highest BCUT2D eigenvalue weighted by Gasteiger charge is 2.24. The van der Waals surface area contributed by atoms with Crippen LogP contribution in [-0.4, -0.2) is 24.8 Å². The van der Waals surface area contributed by atoms with Gasteiger partial charge in [0, 0.05) is 6.42 Å². The maximum absolute atomic E-state index is 11.1. The fourth-order valence-corrected chi connectivity index (χ4v) is 2.23. The zero-order valence-electron chi connectivity index (χ0n) is 13.0. The summed E-state index contributed by atoms with van der Waals surface area (Å²) in [6.45, 7) is 11.3. The lowest BCUT2D eigenvalue weighted by atomic mass is 9.94. The summed E-state index contributed by atoms with van der Waals surface area (Å²) >= 11 is 0. The van der Waals surface area contributed by atoms with Crippen LogP contribution in [0.5, 0.6) is 0 Å². The Morgan fingerprint density at radius 1 is 1.42 bits per heavy atom. The largest absolute Gasteiger partial charge is 0.463 e. The van der Waals surface area contributed by atoms with Gasteiger partial charge in [-0.2, -0.15) is 0 Å². The zero-order chi connectivity index (χ0) is 14.5. The zero-order valence-corrected chi connectivity index (χ0v) is 13.0. The van der Waals surface area contributed by atoms with Gasteiger partial charge in [-0.25, -0.2) is 0 Å². The summed E-state index contributed by atoms with van der Waals surface area (Å²) in [6.07, 6.45) is 6.19. The van der Waals surface area contributed by atoms with E-state index in [2.05, 4.69) is 19.9 Å². The lowest BCUT2D eigenvalue weighted by molar-refractivity contribution is -0.152. The van der Waals surface area contributed by atoms with Crippen LogP contribution in [0, 0.1) is 5.41 Å². The van der Waals surface area contributed by atoms with Crippen molar-refractivity contribution < 1.29 is 14.3 Å². The van der Waals surface area contributed by atoms with E-state index in [0.29, 0.717) is 25.0 Å². The Balaban J connectivity index is 2.26. The van der Waals surface area contributed by atoms with Gasteiger partial charge >= 0.3 is 5.97 Å². The molecule has 0 saturated heterocycles. The molecule has 0 unspecified atom stereocenters. The molecule has 0 aromatic heterocycles. The van der Waals surface area contributed by atoms with Crippen LogP contribution in [-0.2, 0) is 14.3 Å². The number of hydrogen-bond donors (Lipinski definition) is 0. The quantitative estimate of drug-likeness (QED) is 0.519. The van der Waals surface area contributed by atoms with Gasteiger partial charge in [-0.3, -0.25) is 4.79 Å². The van der Waals surface area contributed by atoms with E-state index in [1.807, 2.05) is 13.8 Å². The molecule has 0 aromatic carbocycles. The molecule has 0 bridgehead atoms. The molecule has 1 aliphatic carbocycles. The summed E-state index contributed by atoms with van der Waals surface area (Å²) in [5, 5.41) is 0. The fraction of sp³-hybridized carbons (Fsp3) is 0.812. The van der Waals surface area contributed by atoms with Crippen molar-refractivity contribution in [3.8, 4) is 0 Å². The Bertz CT molecular complexity index is 340. The maximum Gasteiger partial charge on any atom is 0.305 e. The van der Waals surface area contributed by atoms with Crippen molar-refractivity contribution in [3.05, 3.63) is 11.6 Å². The van der Waals surface area contributed by atoms with Crippen LogP contribution in [0.25, 0.3) is 0 Å². The second kappa shape index (κ2) is 6.56. The molecular formula is C16H28O3. The molecule has 0 radical (unpaired) electrons. The first-order valence-corrected chi connectivity index (χ1v) is 7.24. The van der Waals surface area contributed by atoms with Crippen molar-refractivity contribution in [2.75, 3.05) is 13.2 Å². The Kier molecular flexibility index (Phi) is 5.60. The molecule has 0 fully saturated rings. The van der Waals surface area contributed by atoms with E-state index in [1.165, 1.54) is 18.4 Å². The molecule has 0 N–H and O–H groups in total. The molecular weight excluding hydrogens is 240 g/mol. The van der Waals surface area contributed by atoms with Crippen LogP contribution < -0.4 is 0 Å². The standard InChI is InChI=1S/C16H28O3/c1-6-14(17)18-12-16(4,5)19-10-8-13-7-9-15(2,3)11-13/h11H,6-10,12H2,1-5H3. The van der Waals surface area contributed by atoms with Crippen molar-refractivity contribution >= 4 is 5.97 Å². The number of esters is 1. The van der Waals surface area contributed by atoms with Gasteiger partial charge in [0.05, 0.1) is 12.2 Å². The molecule has 1 rings (SSSR count). The summed E-state index contributed by atoms with van der Waals surface area (Å²) in [7, 11) is 0. The van der Waals surface area contributed by atoms with E-state index in [-0.39, 0.29) is 5.97 Å². The highest BCUT2D eigenvalue weighted by Crippen LogP contribution is 2.36. The number of ether oxygens (including phenoxy) is 2. The van der Waals surface area contributed by atoms with E-state index in [0.717, 1.165) is 6.42 Å². The van der Waals surface area contributed by atoms with E-state index in [9.17, 15) is 4.79 Å². The van der Waals surface area contributed by atoms with E-state index in [1.54, 1.807) is 6.92 Å². The molecule has 0 amide bonds. The van der Waals surface area contributed by atoms with Crippen LogP contribution in [0.3, 0.4) is 0 Å². The van der Waals surface area contributed by atoms with Gasteiger partial charge in [0.1, 0.15) is 6.61 Å². The number of allylic oxidation sites excluding steroid dienone is 1. The van der Waals surface area contributed by atoms with Gasteiger partial charge < -0.3 is 9.47 Å². The topological polar surface area (TPSA) is 35.5 Å². The molecule has 3 nitrogen and oxygen atoms in total. The van der Waals surface area contributed by atoms with Crippen LogP contribution >= 0.6 is 0 Å². The van der Waals surface area contributed by atoms with Crippen molar-refractivity contribution in [1.82, 2.24) is 0 Å². The molecule has 0 heterocycles.